The van der Waals surface area contributed by atoms with Gasteiger partial charge >= 0.3 is 0 Å². The topological polar surface area (TPSA) is 72.5 Å². The molecule has 2 aromatic rings. The molecule has 3 rings (SSSR count). The SMILES string of the molecule is COc1ccc(S(=O)(=O)[C@@H](CNC(=O)C2CCCC2)c2cccs2)cc1. The van der Waals surface area contributed by atoms with Gasteiger partial charge < -0.3 is 10.1 Å². The van der Waals surface area contributed by atoms with Gasteiger partial charge in [0.25, 0.3) is 0 Å². The molecule has 1 aromatic heterocycles. The van der Waals surface area contributed by atoms with Crippen molar-refractivity contribution in [3.8, 4) is 5.75 Å². The predicted molar refractivity (Wildman–Crippen MR) is 102 cm³/mol. The van der Waals surface area contributed by atoms with E-state index in [4.69, 9.17) is 4.74 Å². The Morgan fingerprint density at radius 2 is 1.92 bits per heavy atom. The highest BCUT2D eigenvalue weighted by Crippen LogP contribution is 2.32. The molecule has 1 fully saturated rings. The van der Waals surface area contributed by atoms with E-state index in [0.29, 0.717) is 5.75 Å². The molecule has 0 radical (unpaired) electrons. The Kier molecular flexibility index (Phi) is 5.98. The van der Waals surface area contributed by atoms with Gasteiger partial charge in [0.1, 0.15) is 11.0 Å². The van der Waals surface area contributed by atoms with Crippen molar-refractivity contribution in [1.29, 1.82) is 0 Å². The van der Waals surface area contributed by atoms with Crippen molar-refractivity contribution in [3.05, 3.63) is 46.7 Å². The fourth-order valence-electron chi connectivity index (χ4n) is 3.29. The van der Waals surface area contributed by atoms with E-state index in [1.807, 2.05) is 11.4 Å². The molecule has 1 aliphatic rings. The maximum Gasteiger partial charge on any atom is 0.223 e. The highest BCUT2D eigenvalue weighted by Gasteiger charge is 2.31. The van der Waals surface area contributed by atoms with Crippen LogP contribution in [0.1, 0.15) is 35.8 Å². The summed E-state index contributed by atoms with van der Waals surface area (Å²) in [6.45, 7) is 0.0875. The first kappa shape index (κ1) is 18.9. The molecule has 140 valence electrons. The summed E-state index contributed by atoms with van der Waals surface area (Å²) in [5.41, 5.74) is 0. The van der Waals surface area contributed by atoms with Crippen LogP contribution in [0.4, 0.5) is 0 Å². The second kappa shape index (κ2) is 8.22. The summed E-state index contributed by atoms with van der Waals surface area (Å²) in [5.74, 6) is 0.586. The van der Waals surface area contributed by atoms with Crippen LogP contribution >= 0.6 is 11.3 Å². The van der Waals surface area contributed by atoms with Crippen LogP contribution in [0, 0.1) is 5.92 Å². The lowest BCUT2D eigenvalue weighted by molar-refractivity contribution is -0.124. The van der Waals surface area contributed by atoms with Crippen LogP contribution in [0.5, 0.6) is 5.75 Å². The first-order valence-corrected chi connectivity index (χ1v) is 11.1. The van der Waals surface area contributed by atoms with E-state index >= 15 is 0 Å². The summed E-state index contributed by atoms with van der Waals surface area (Å²) < 4.78 is 31.5. The van der Waals surface area contributed by atoms with Crippen molar-refractivity contribution < 1.29 is 17.9 Å². The van der Waals surface area contributed by atoms with Gasteiger partial charge in [-0.25, -0.2) is 8.42 Å². The third-order valence-corrected chi connectivity index (χ3v) is 8.04. The van der Waals surface area contributed by atoms with Crippen molar-refractivity contribution in [2.24, 2.45) is 5.92 Å². The number of amides is 1. The van der Waals surface area contributed by atoms with E-state index in [0.717, 1.165) is 30.6 Å². The van der Waals surface area contributed by atoms with Crippen LogP contribution < -0.4 is 10.1 Å². The van der Waals surface area contributed by atoms with Gasteiger partial charge in [0.2, 0.25) is 5.91 Å². The Bertz CT molecular complexity index is 823. The Labute approximate surface area is 158 Å². The van der Waals surface area contributed by atoms with Gasteiger partial charge in [0.05, 0.1) is 12.0 Å². The summed E-state index contributed by atoms with van der Waals surface area (Å²) in [5, 5.41) is 3.94. The molecule has 1 amide bonds. The van der Waals surface area contributed by atoms with Crippen LogP contribution in [0.15, 0.2) is 46.7 Å². The number of sulfone groups is 1. The van der Waals surface area contributed by atoms with E-state index in [2.05, 4.69) is 5.32 Å². The number of benzene rings is 1. The number of hydrogen-bond acceptors (Lipinski definition) is 5. The minimum absolute atomic E-state index is 0.0164. The van der Waals surface area contributed by atoms with Gasteiger partial charge in [0.15, 0.2) is 9.84 Å². The summed E-state index contributed by atoms with van der Waals surface area (Å²) in [4.78, 5) is 13.3. The molecule has 1 aromatic carbocycles. The zero-order valence-corrected chi connectivity index (χ0v) is 16.3. The molecule has 5 nitrogen and oxygen atoms in total. The van der Waals surface area contributed by atoms with Crippen molar-refractivity contribution in [2.75, 3.05) is 13.7 Å². The number of carbonyl (C=O) groups is 1. The lowest BCUT2D eigenvalue weighted by Crippen LogP contribution is -2.35. The minimum atomic E-state index is -3.63. The first-order chi connectivity index (χ1) is 12.5. The van der Waals surface area contributed by atoms with Crippen molar-refractivity contribution in [3.63, 3.8) is 0 Å². The first-order valence-electron chi connectivity index (χ1n) is 8.71. The molecule has 1 N–H and O–H groups in total. The van der Waals surface area contributed by atoms with Crippen LogP contribution in [0.2, 0.25) is 0 Å². The fourth-order valence-corrected chi connectivity index (χ4v) is 6.08. The van der Waals surface area contributed by atoms with E-state index < -0.39 is 15.1 Å². The molecule has 1 aliphatic carbocycles. The van der Waals surface area contributed by atoms with Crippen molar-refractivity contribution in [2.45, 2.75) is 35.8 Å². The molecule has 26 heavy (non-hydrogen) atoms. The van der Waals surface area contributed by atoms with Crippen molar-refractivity contribution in [1.82, 2.24) is 5.32 Å². The van der Waals surface area contributed by atoms with Gasteiger partial charge in [-0.15, -0.1) is 11.3 Å². The Morgan fingerprint density at radius 3 is 2.50 bits per heavy atom. The number of thiophene rings is 1. The van der Waals surface area contributed by atoms with Gasteiger partial charge in [-0.3, -0.25) is 4.79 Å². The molecule has 0 aliphatic heterocycles. The number of nitrogens with one attached hydrogen (secondary N) is 1. The molecule has 0 saturated heterocycles. The Balaban J connectivity index is 1.81. The largest absolute Gasteiger partial charge is 0.497 e. The number of hydrogen-bond donors (Lipinski definition) is 1. The van der Waals surface area contributed by atoms with Crippen LogP contribution in [-0.4, -0.2) is 28.0 Å². The maximum absolute atomic E-state index is 13.2. The summed E-state index contributed by atoms with van der Waals surface area (Å²) in [7, 11) is -2.09. The Morgan fingerprint density at radius 1 is 1.23 bits per heavy atom. The maximum atomic E-state index is 13.2. The smallest absolute Gasteiger partial charge is 0.223 e. The van der Waals surface area contributed by atoms with Gasteiger partial charge in [0, 0.05) is 17.3 Å². The monoisotopic (exact) mass is 393 g/mol. The normalized spacial score (nSPS) is 16.3. The molecular formula is C19H23NO4S2. The second-order valence-corrected chi connectivity index (χ2v) is 9.56. The molecule has 0 spiro atoms. The fraction of sp³-hybridized carbons (Fsp3) is 0.421. The predicted octanol–water partition coefficient (Wildman–Crippen LogP) is 3.58. The highest BCUT2D eigenvalue weighted by atomic mass is 32.2. The van der Waals surface area contributed by atoms with E-state index in [9.17, 15) is 13.2 Å². The third kappa shape index (κ3) is 4.10. The molecular weight excluding hydrogens is 370 g/mol. The molecule has 1 atom stereocenters. The average molecular weight is 394 g/mol. The second-order valence-electron chi connectivity index (χ2n) is 6.45. The minimum Gasteiger partial charge on any atom is -0.497 e. The summed E-state index contributed by atoms with van der Waals surface area (Å²) >= 11 is 1.39. The van der Waals surface area contributed by atoms with Gasteiger partial charge in [-0.05, 0) is 48.6 Å². The van der Waals surface area contributed by atoms with Crippen molar-refractivity contribution >= 4 is 27.1 Å². The molecule has 7 heteroatoms. The summed E-state index contributed by atoms with van der Waals surface area (Å²) in [6, 6.07) is 10.00. The van der Waals surface area contributed by atoms with Crippen LogP contribution in [0.3, 0.4) is 0 Å². The third-order valence-electron chi connectivity index (χ3n) is 4.81. The molecule has 0 unspecified atom stereocenters. The van der Waals surface area contributed by atoms with Gasteiger partial charge in [-0.2, -0.15) is 0 Å². The molecule has 1 heterocycles. The lowest BCUT2D eigenvalue weighted by Gasteiger charge is -2.19. The van der Waals surface area contributed by atoms with E-state index in [-0.39, 0.29) is 23.3 Å². The number of rotatable bonds is 7. The van der Waals surface area contributed by atoms with Gasteiger partial charge in [-0.1, -0.05) is 18.9 Å². The molecule has 0 bridgehead atoms. The summed E-state index contributed by atoms with van der Waals surface area (Å²) in [6.07, 6.45) is 3.91. The standard InChI is InChI=1S/C19H23NO4S2/c1-24-15-8-10-16(11-9-15)26(22,23)18(17-7-4-12-25-17)13-20-19(21)14-5-2-3-6-14/h4,7-12,14,18H,2-3,5-6,13H2,1H3,(H,20,21)/t18-/m0/s1. The van der Waals surface area contributed by atoms with E-state index in [1.54, 1.807) is 30.3 Å². The zero-order valence-electron chi connectivity index (χ0n) is 14.7. The van der Waals surface area contributed by atoms with Crippen LogP contribution in [0.25, 0.3) is 0 Å². The zero-order chi connectivity index (χ0) is 18.6. The van der Waals surface area contributed by atoms with Crippen LogP contribution in [-0.2, 0) is 14.6 Å². The average Bonchev–Trinajstić information content (AvgIpc) is 3.35. The number of ether oxygens (including phenoxy) is 1. The quantitative estimate of drug-likeness (QED) is 0.780. The Hall–Kier alpha value is -1.86. The highest BCUT2D eigenvalue weighted by molar-refractivity contribution is 7.91. The molecule has 1 saturated carbocycles. The lowest BCUT2D eigenvalue weighted by atomic mass is 10.1. The number of methoxy groups -OCH3 is 1. The van der Waals surface area contributed by atoms with E-state index in [1.165, 1.54) is 18.4 Å². The number of carbonyl (C=O) groups excluding carboxylic acids is 1.